The van der Waals surface area contributed by atoms with E-state index in [-0.39, 0.29) is 13.0 Å². The lowest BCUT2D eigenvalue weighted by Gasteiger charge is -2.25. The molecular formula is C28H53NO6P+. The van der Waals surface area contributed by atoms with Crippen molar-refractivity contribution < 1.29 is 32.5 Å². The highest BCUT2D eigenvalue weighted by Gasteiger charge is 2.29. The summed E-state index contributed by atoms with van der Waals surface area (Å²) in [4.78, 5) is 22.6. The third kappa shape index (κ3) is 21.1. The lowest BCUT2D eigenvalue weighted by Crippen LogP contribution is -2.37. The molecule has 0 saturated heterocycles. The van der Waals surface area contributed by atoms with Crippen molar-refractivity contribution in [2.45, 2.75) is 109 Å². The molecule has 0 radical (unpaired) electrons. The van der Waals surface area contributed by atoms with Gasteiger partial charge >= 0.3 is 13.8 Å². The highest BCUT2D eigenvalue weighted by Crippen LogP contribution is 2.45. The second-order valence-electron chi connectivity index (χ2n) is 10.9. The predicted molar refractivity (Wildman–Crippen MR) is 147 cm³/mol. The van der Waals surface area contributed by atoms with Gasteiger partial charge in [-0.25, -0.2) is 4.57 Å². The van der Waals surface area contributed by atoms with E-state index in [1.165, 1.54) is 51.4 Å². The van der Waals surface area contributed by atoms with Crippen molar-refractivity contribution >= 4 is 13.8 Å². The molecule has 0 aromatic carbocycles. The SMILES string of the molecule is C[N+](C)(C)CCOP(=O)(O)O[C@H]1CCCCCCCCCCCC/C=C/CCC=CCCOC(=O)C1. The molecule has 7 nitrogen and oxygen atoms in total. The van der Waals surface area contributed by atoms with E-state index in [9.17, 15) is 14.3 Å². The molecule has 1 heterocycles. The molecule has 1 aliphatic heterocycles. The van der Waals surface area contributed by atoms with Crippen molar-refractivity contribution in [3.8, 4) is 0 Å². The third-order valence-electron chi connectivity index (χ3n) is 6.22. The van der Waals surface area contributed by atoms with Gasteiger partial charge in [-0.05, 0) is 38.5 Å². The van der Waals surface area contributed by atoms with Gasteiger partial charge in [-0.2, -0.15) is 0 Å². The standard InChI is InChI=1S/C28H52NO6P/c1-29(2,3)23-25-34-36(31,32)35-27-22-20-18-16-14-12-10-8-6-4-5-7-9-11-13-15-17-19-21-24-33-28(30)26-27/h9,11,17,19,27H,4-8,10,12-16,18,20-26H2,1-3H3/p+1/b11-9+,19-17?/t27-/m0/s1. The Morgan fingerprint density at radius 3 is 2.00 bits per heavy atom. The number of nitrogens with zero attached hydrogens (tertiary/aromatic N) is 1. The molecule has 0 aromatic rings. The predicted octanol–water partition coefficient (Wildman–Crippen LogP) is 7.11. The van der Waals surface area contributed by atoms with E-state index >= 15 is 0 Å². The van der Waals surface area contributed by atoms with Gasteiger partial charge in [-0.3, -0.25) is 13.8 Å². The summed E-state index contributed by atoms with van der Waals surface area (Å²) in [5.41, 5.74) is 0. The van der Waals surface area contributed by atoms with Gasteiger partial charge in [0.25, 0.3) is 0 Å². The molecule has 1 rings (SSSR count). The molecule has 0 bridgehead atoms. The topological polar surface area (TPSA) is 82.1 Å². The van der Waals surface area contributed by atoms with Crippen LogP contribution in [-0.4, -0.2) is 62.4 Å². The number of cyclic esters (lactones) is 1. The number of carbonyl (C=O) groups excluding carboxylic acids is 1. The van der Waals surface area contributed by atoms with Gasteiger partial charge in [0.1, 0.15) is 13.2 Å². The van der Waals surface area contributed by atoms with E-state index in [0.717, 1.165) is 32.1 Å². The van der Waals surface area contributed by atoms with E-state index in [4.69, 9.17) is 13.8 Å². The Hall–Kier alpha value is -0.980. The molecule has 0 saturated carbocycles. The van der Waals surface area contributed by atoms with Crippen molar-refractivity contribution in [2.24, 2.45) is 0 Å². The van der Waals surface area contributed by atoms with Crippen LogP contribution in [0.1, 0.15) is 103 Å². The van der Waals surface area contributed by atoms with E-state index in [0.29, 0.717) is 30.5 Å². The number of hydrogen-bond acceptors (Lipinski definition) is 5. The van der Waals surface area contributed by atoms with Crippen LogP contribution in [0.15, 0.2) is 24.3 Å². The molecule has 0 spiro atoms. The third-order valence-corrected chi connectivity index (χ3v) is 7.29. The Kier molecular flexibility index (Phi) is 18.4. The van der Waals surface area contributed by atoms with Crippen molar-refractivity contribution in [3.05, 3.63) is 24.3 Å². The Morgan fingerprint density at radius 2 is 1.39 bits per heavy atom. The van der Waals surface area contributed by atoms with Gasteiger partial charge in [0.2, 0.25) is 0 Å². The molecule has 1 unspecified atom stereocenters. The number of carbonyl (C=O) groups is 1. The molecular weight excluding hydrogens is 477 g/mol. The number of likely N-dealkylation sites (N-methyl/N-ethyl adjacent to an activating group) is 1. The average molecular weight is 531 g/mol. The number of ether oxygens (including phenoxy) is 1. The van der Waals surface area contributed by atoms with Crippen LogP contribution in [0.4, 0.5) is 0 Å². The first-order chi connectivity index (χ1) is 17.2. The van der Waals surface area contributed by atoms with Gasteiger partial charge < -0.3 is 14.1 Å². The number of rotatable bonds is 6. The number of phosphoric ester groups is 1. The summed E-state index contributed by atoms with van der Waals surface area (Å²) in [5.74, 6) is -0.405. The van der Waals surface area contributed by atoms with Crippen LogP contribution in [0.3, 0.4) is 0 Å². The molecule has 0 aliphatic carbocycles. The van der Waals surface area contributed by atoms with Crippen molar-refractivity contribution in [1.82, 2.24) is 0 Å². The zero-order valence-corrected chi connectivity index (χ0v) is 24.1. The second kappa shape index (κ2) is 20.0. The first-order valence-corrected chi connectivity index (χ1v) is 15.6. The van der Waals surface area contributed by atoms with Gasteiger partial charge in [0, 0.05) is 0 Å². The van der Waals surface area contributed by atoms with Gasteiger partial charge in [0.05, 0.1) is 40.3 Å². The molecule has 0 fully saturated rings. The lowest BCUT2D eigenvalue weighted by molar-refractivity contribution is -0.870. The summed E-state index contributed by atoms with van der Waals surface area (Å²) in [7, 11) is 1.70. The average Bonchev–Trinajstić information content (AvgIpc) is 2.78. The Bertz CT molecular complexity index is 673. The van der Waals surface area contributed by atoms with E-state index in [2.05, 4.69) is 18.2 Å². The normalized spacial score (nSPS) is 24.2. The molecule has 36 heavy (non-hydrogen) atoms. The molecule has 1 N–H and O–H groups in total. The maximum atomic E-state index is 12.5. The Morgan fingerprint density at radius 1 is 0.861 bits per heavy atom. The fourth-order valence-corrected chi connectivity index (χ4v) is 4.97. The molecule has 0 aromatic heterocycles. The first-order valence-electron chi connectivity index (χ1n) is 14.1. The minimum atomic E-state index is -4.25. The maximum Gasteiger partial charge on any atom is 0.472 e. The largest absolute Gasteiger partial charge is 0.472 e. The van der Waals surface area contributed by atoms with Gasteiger partial charge in [-0.1, -0.05) is 82.1 Å². The molecule has 2 atom stereocenters. The first kappa shape index (κ1) is 33.0. The van der Waals surface area contributed by atoms with Crippen molar-refractivity contribution in [3.63, 3.8) is 0 Å². The number of phosphoric acid groups is 1. The zero-order chi connectivity index (χ0) is 26.5. The van der Waals surface area contributed by atoms with Crippen LogP contribution in [0.25, 0.3) is 0 Å². The molecule has 210 valence electrons. The second-order valence-corrected chi connectivity index (χ2v) is 12.3. The summed E-state index contributed by atoms with van der Waals surface area (Å²) in [6.07, 6.45) is 24.4. The van der Waals surface area contributed by atoms with Crippen molar-refractivity contribution in [1.29, 1.82) is 0 Å². The molecule has 1 aliphatic rings. The lowest BCUT2D eigenvalue weighted by atomic mass is 10.0. The van der Waals surface area contributed by atoms with Crippen LogP contribution >= 0.6 is 7.82 Å². The van der Waals surface area contributed by atoms with E-state index in [1.807, 2.05) is 27.2 Å². The van der Waals surface area contributed by atoms with Crippen LogP contribution < -0.4 is 0 Å². The number of allylic oxidation sites excluding steroid dienone is 3. The number of hydrogen-bond donors (Lipinski definition) is 1. The summed E-state index contributed by atoms with van der Waals surface area (Å²) in [6.45, 7) is 0.982. The van der Waals surface area contributed by atoms with Crippen LogP contribution in [-0.2, 0) is 23.1 Å². The van der Waals surface area contributed by atoms with E-state index in [1.54, 1.807) is 0 Å². The summed E-state index contributed by atoms with van der Waals surface area (Å²) in [5, 5.41) is 0. The van der Waals surface area contributed by atoms with Crippen LogP contribution in [0.2, 0.25) is 0 Å². The molecule has 8 heteroatoms. The number of esters is 1. The Balaban J connectivity index is 2.58. The zero-order valence-electron chi connectivity index (χ0n) is 23.2. The van der Waals surface area contributed by atoms with E-state index < -0.39 is 19.9 Å². The van der Waals surface area contributed by atoms with Gasteiger partial charge in [0.15, 0.2) is 0 Å². The van der Waals surface area contributed by atoms with Gasteiger partial charge in [-0.15, -0.1) is 0 Å². The Labute approximate surface area is 220 Å². The highest BCUT2D eigenvalue weighted by molar-refractivity contribution is 7.47. The fraction of sp³-hybridized carbons (Fsp3) is 0.821. The minimum absolute atomic E-state index is 0.0439. The van der Waals surface area contributed by atoms with Crippen LogP contribution in [0.5, 0.6) is 0 Å². The highest BCUT2D eigenvalue weighted by atomic mass is 31.2. The number of quaternary nitrogens is 1. The summed E-state index contributed by atoms with van der Waals surface area (Å²) >= 11 is 0. The smallest absolute Gasteiger partial charge is 0.465 e. The fourth-order valence-electron chi connectivity index (χ4n) is 4.04. The quantitative estimate of drug-likeness (QED) is 0.171. The monoisotopic (exact) mass is 530 g/mol. The maximum absolute atomic E-state index is 12.5. The summed E-state index contributed by atoms with van der Waals surface area (Å²) < 4.78 is 29.1. The molecule has 0 amide bonds. The summed E-state index contributed by atoms with van der Waals surface area (Å²) in [6, 6.07) is 0. The van der Waals surface area contributed by atoms with Crippen molar-refractivity contribution in [2.75, 3.05) is 40.9 Å². The minimum Gasteiger partial charge on any atom is -0.465 e. The van der Waals surface area contributed by atoms with Crippen LogP contribution in [0, 0.1) is 0 Å².